The summed E-state index contributed by atoms with van der Waals surface area (Å²) in [5.41, 5.74) is 7.84. The standard InChI is InChI=1S/C19H26F2N2O2/c1-19(22)10-3-2-6-15(19)17(24)23-16-7-4-5-12-11-13(25-18(20)21)8-9-14(12)16/h8-9,11,15-16,18H,2-7,10,22H2,1H3,(H,23,24). The smallest absolute Gasteiger partial charge is 0.387 e. The molecule has 3 N–H and O–H groups in total. The summed E-state index contributed by atoms with van der Waals surface area (Å²) in [4.78, 5) is 12.8. The molecule has 1 saturated carbocycles. The predicted octanol–water partition coefficient (Wildman–Crippen LogP) is 3.69. The Hall–Kier alpha value is -1.69. The summed E-state index contributed by atoms with van der Waals surface area (Å²) in [6, 6.07) is 4.91. The number of nitrogens with two attached hydrogens (primary N) is 1. The summed E-state index contributed by atoms with van der Waals surface area (Å²) < 4.78 is 29.3. The van der Waals surface area contributed by atoms with E-state index in [2.05, 4.69) is 10.1 Å². The Morgan fingerprint density at radius 3 is 2.84 bits per heavy atom. The van der Waals surface area contributed by atoms with Crippen LogP contribution < -0.4 is 15.8 Å². The highest BCUT2D eigenvalue weighted by atomic mass is 19.3. The first-order valence-electron chi connectivity index (χ1n) is 9.04. The highest BCUT2D eigenvalue weighted by molar-refractivity contribution is 5.80. The van der Waals surface area contributed by atoms with Gasteiger partial charge in [-0.25, -0.2) is 0 Å². The van der Waals surface area contributed by atoms with E-state index < -0.39 is 12.2 Å². The zero-order valence-corrected chi connectivity index (χ0v) is 14.6. The molecule has 25 heavy (non-hydrogen) atoms. The number of benzene rings is 1. The number of rotatable bonds is 4. The van der Waals surface area contributed by atoms with Gasteiger partial charge in [-0.2, -0.15) is 8.78 Å². The summed E-state index contributed by atoms with van der Waals surface area (Å²) >= 11 is 0. The van der Waals surface area contributed by atoms with E-state index in [1.54, 1.807) is 18.2 Å². The fourth-order valence-corrected chi connectivity index (χ4v) is 4.18. The molecule has 0 saturated heterocycles. The first-order chi connectivity index (χ1) is 11.9. The maximum absolute atomic E-state index is 12.8. The van der Waals surface area contributed by atoms with Crippen LogP contribution in [0, 0.1) is 5.92 Å². The van der Waals surface area contributed by atoms with Gasteiger partial charge in [0.25, 0.3) is 0 Å². The SMILES string of the molecule is CC1(N)CCCCC1C(=O)NC1CCCc2cc(OC(F)F)ccc21. The van der Waals surface area contributed by atoms with E-state index in [4.69, 9.17) is 5.73 Å². The normalized spacial score (nSPS) is 29.2. The van der Waals surface area contributed by atoms with Crippen molar-refractivity contribution < 1.29 is 18.3 Å². The third-order valence-corrected chi connectivity index (χ3v) is 5.54. The largest absolute Gasteiger partial charge is 0.435 e. The van der Waals surface area contributed by atoms with Crippen molar-refractivity contribution in [3.05, 3.63) is 29.3 Å². The molecule has 0 radical (unpaired) electrons. The zero-order chi connectivity index (χ0) is 18.0. The van der Waals surface area contributed by atoms with Gasteiger partial charge in [-0.1, -0.05) is 18.9 Å². The molecule has 2 aliphatic carbocycles. The third kappa shape index (κ3) is 4.11. The second-order valence-electron chi connectivity index (χ2n) is 7.50. The lowest BCUT2D eigenvalue weighted by Gasteiger charge is -2.38. The number of alkyl halides is 2. The van der Waals surface area contributed by atoms with E-state index in [-0.39, 0.29) is 23.6 Å². The second-order valence-corrected chi connectivity index (χ2v) is 7.50. The van der Waals surface area contributed by atoms with Gasteiger partial charge in [-0.3, -0.25) is 4.79 Å². The van der Waals surface area contributed by atoms with Crippen molar-refractivity contribution in [2.45, 2.75) is 70.1 Å². The Bertz CT molecular complexity index is 634. The van der Waals surface area contributed by atoms with Gasteiger partial charge < -0.3 is 15.8 Å². The number of amides is 1. The number of fused-ring (bicyclic) bond motifs is 1. The topological polar surface area (TPSA) is 64.4 Å². The maximum atomic E-state index is 12.8. The van der Waals surface area contributed by atoms with Crippen molar-refractivity contribution in [3.63, 3.8) is 0 Å². The van der Waals surface area contributed by atoms with Crippen molar-refractivity contribution >= 4 is 5.91 Å². The molecule has 0 aliphatic heterocycles. The van der Waals surface area contributed by atoms with E-state index in [0.717, 1.165) is 56.1 Å². The van der Waals surface area contributed by atoms with E-state index in [1.807, 2.05) is 6.92 Å². The lowest BCUT2D eigenvalue weighted by Crippen LogP contribution is -2.53. The molecule has 3 atom stereocenters. The second kappa shape index (κ2) is 7.28. The zero-order valence-electron chi connectivity index (χ0n) is 14.6. The van der Waals surface area contributed by atoms with Crippen molar-refractivity contribution in [2.24, 2.45) is 11.7 Å². The lowest BCUT2D eigenvalue weighted by atomic mass is 9.74. The molecule has 0 spiro atoms. The Labute approximate surface area is 147 Å². The van der Waals surface area contributed by atoms with Crippen molar-refractivity contribution in [1.82, 2.24) is 5.32 Å². The van der Waals surface area contributed by atoms with Crippen LogP contribution in [0.1, 0.15) is 62.6 Å². The molecule has 138 valence electrons. The fourth-order valence-electron chi connectivity index (χ4n) is 4.18. The number of carbonyl (C=O) groups excluding carboxylic acids is 1. The Balaban J connectivity index is 1.73. The highest BCUT2D eigenvalue weighted by Crippen LogP contribution is 2.35. The number of ether oxygens (including phenoxy) is 1. The highest BCUT2D eigenvalue weighted by Gasteiger charge is 2.38. The van der Waals surface area contributed by atoms with Gasteiger partial charge in [0, 0.05) is 5.54 Å². The molecule has 1 amide bonds. The van der Waals surface area contributed by atoms with Gasteiger partial charge in [0.15, 0.2) is 0 Å². The molecule has 0 aromatic heterocycles. The monoisotopic (exact) mass is 352 g/mol. The van der Waals surface area contributed by atoms with Gasteiger partial charge >= 0.3 is 6.61 Å². The van der Waals surface area contributed by atoms with Crippen LogP contribution in [-0.4, -0.2) is 18.1 Å². The molecular formula is C19H26F2N2O2. The minimum absolute atomic E-state index is 0.00968. The van der Waals surface area contributed by atoms with E-state index in [0.29, 0.717) is 0 Å². The molecule has 1 fully saturated rings. The molecule has 3 unspecified atom stereocenters. The van der Waals surface area contributed by atoms with Crippen LogP contribution in [0.15, 0.2) is 18.2 Å². The Morgan fingerprint density at radius 1 is 1.32 bits per heavy atom. The minimum atomic E-state index is -2.83. The quantitative estimate of drug-likeness (QED) is 0.869. The summed E-state index contributed by atoms with van der Waals surface area (Å²) in [6.45, 7) is -0.871. The fraction of sp³-hybridized carbons (Fsp3) is 0.632. The van der Waals surface area contributed by atoms with Gasteiger partial charge in [0.1, 0.15) is 5.75 Å². The van der Waals surface area contributed by atoms with E-state index in [9.17, 15) is 13.6 Å². The summed E-state index contributed by atoms with van der Waals surface area (Å²) in [7, 11) is 0. The van der Waals surface area contributed by atoms with Crippen LogP contribution in [0.25, 0.3) is 0 Å². The molecule has 0 heterocycles. The molecule has 2 aliphatic rings. The number of hydrogen-bond acceptors (Lipinski definition) is 3. The van der Waals surface area contributed by atoms with Crippen molar-refractivity contribution in [2.75, 3.05) is 0 Å². The first-order valence-corrected chi connectivity index (χ1v) is 9.04. The van der Waals surface area contributed by atoms with Crippen LogP contribution in [0.3, 0.4) is 0 Å². The molecule has 4 nitrogen and oxygen atoms in total. The molecule has 1 aromatic carbocycles. The minimum Gasteiger partial charge on any atom is -0.435 e. The molecule has 6 heteroatoms. The summed E-state index contributed by atoms with van der Waals surface area (Å²) in [5.74, 6) is 0.00561. The van der Waals surface area contributed by atoms with Crippen LogP contribution in [-0.2, 0) is 11.2 Å². The van der Waals surface area contributed by atoms with Gasteiger partial charge in [0.05, 0.1) is 12.0 Å². The predicted molar refractivity (Wildman–Crippen MR) is 91.4 cm³/mol. The lowest BCUT2D eigenvalue weighted by molar-refractivity contribution is -0.129. The van der Waals surface area contributed by atoms with Crippen LogP contribution in [0.4, 0.5) is 8.78 Å². The summed E-state index contributed by atoms with van der Waals surface area (Å²) in [5, 5.41) is 3.15. The number of carbonyl (C=O) groups is 1. The third-order valence-electron chi connectivity index (χ3n) is 5.54. The Morgan fingerprint density at radius 2 is 2.12 bits per heavy atom. The first kappa shape index (κ1) is 18.1. The average molecular weight is 352 g/mol. The van der Waals surface area contributed by atoms with Crippen LogP contribution in [0.5, 0.6) is 5.75 Å². The number of aryl methyl sites for hydroxylation is 1. The maximum Gasteiger partial charge on any atom is 0.387 e. The molecular weight excluding hydrogens is 326 g/mol. The molecule has 0 bridgehead atoms. The number of halogens is 2. The van der Waals surface area contributed by atoms with Crippen LogP contribution in [0.2, 0.25) is 0 Å². The molecule has 3 rings (SSSR count). The molecule has 1 aromatic rings. The number of hydrogen-bond donors (Lipinski definition) is 2. The van der Waals surface area contributed by atoms with E-state index >= 15 is 0 Å². The number of nitrogens with one attached hydrogen (secondary N) is 1. The average Bonchev–Trinajstić information content (AvgIpc) is 2.53. The van der Waals surface area contributed by atoms with Gasteiger partial charge in [-0.05, 0) is 62.3 Å². The summed E-state index contributed by atoms with van der Waals surface area (Å²) in [6.07, 6.45) is 6.33. The van der Waals surface area contributed by atoms with E-state index in [1.165, 1.54) is 0 Å². The van der Waals surface area contributed by atoms with Crippen LogP contribution >= 0.6 is 0 Å². The van der Waals surface area contributed by atoms with Gasteiger partial charge in [-0.15, -0.1) is 0 Å². The Kier molecular flexibility index (Phi) is 5.27. The van der Waals surface area contributed by atoms with Crippen molar-refractivity contribution in [3.8, 4) is 5.75 Å². The van der Waals surface area contributed by atoms with Gasteiger partial charge in [0.2, 0.25) is 5.91 Å². The van der Waals surface area contributed by atoms with Crippen molar-refractivity contribution in [1.29, 1.82) is 0 Å².